The van der Waals surface area contributed by atoms with E-state index in [0.717, 1.165) is 51.1 Å². The van der Waals surface area contributed by atoms with Gasteiger partial charge in [-0.3, -0.25) is 0 Å². The molecule has 0 radical (unpaired) electrons. The summed E-state index contributed by atoms with van der Waals surface area (Å²) in [4.78, 5) is 18.4. The van der Waals surface area contributed by atoms with E-state index in [1.165, 1.54) is 24.9 Å². The largest absolute Gasteiger partial charge is 0.478 e. The van der Waals surface area contributed by atoms with Crippen molar-refractivity contribution in [3.63, 3.8) is 0 Å². The summed E-state index contributed by atoms with van der Waals surface area (Å²) in [6.07, 6.45) is 9.03. The molecule has 4 rings (SSSR count). The second-order valence-corrected chi connectivity index (χ2v) is 11.6. The van der Waals surface area contributed by atoms with E-state index in [1.54, 1.807) is 6.07 Å². The maximum atomic E-state index is 12.2. The van der Waals surface area contributed by atoms with Gasteiger partial charge in [-0.2, -0.15) is 0 Å². The van der Waals surface area contributed by atoms with Gasteiger partial charge < -0.3 is 14.4 Å². The van der Waals surface area contributed by atoms with Crippen molar-refractivity contribution >= 4 is 15.9 Å². The van der Waals surface area contributed by atoms with Crippen LogP contribution in [0.5, 0.6) is 5.88 Å². The summed E-state index contributed by atoms with van der Waals surface area (Å²) >= 11 is 0. The third-order valence-electron chi connectivity index (χ3n) is 6.90. The van der Waals surface area contributed by atoms with Gasteiger partial charge in [0.05, 0.1) is 18.1 Å². The normalized spacial score (nSPS) is 25.6. The summed E-state index contributed by atoms with van der Waals surface area (Å²) < 4.78 is 34.1. The molecule has 30 heavy (non-hydrogen) atoms. The molecule has 0 bridgehead atoms. The van der Waals surface area contributed by atoms with Crippen LogP contribution in [0.4, 0.5) is 4.79 Å². The number of hydrogen-bond donors (Lipinski definition) is 0. The Labute approximate surface area is 179 Å². The molecule has 1 saturated heterocycles. The minimum atomic E-state index is -3.23. The lowest BCUT2D eigenvalue weighted by Crippen LogP contribution is -2.40. The average molecular weight is 437 g/mol. The minimum Gasteiger partial charge on any atom is -0.478 e. The maximum absolute atomic E-state index is 12.2. The average Bonchev–Trinajstić information content (AvgIpc) is 3.64. The van der Waals surface area contributed by atoms with Gasteiger partial charge in [-0.1, -0.05) is 6.92 Å². The lowest BCUT2D eigenvalue weighted by atomic mass is 9.91. The van der Waals surface area contributed by atoms with Crippen LogP contribution in [0.3, 0.4) is 0 Å². The minimum absolute atomic E-state index is 0.142. The van der Waals surface area contributed by atoms with Crippen LogP contribution in [-0.2, 0) is 14.6 Å². The molecule has 1 unspecified atom stereocenters. The standard InChI is InChI=1S/C22H32N2O5S/c1-22(8-9-22)15-29-21(25)24-10-5-16(6-11-24)19-13-17(19)7-12-28-20-4-3-18(14-23-20)30(2,26)27/h3-4,14,16-17,19H,5-13,15H2,1-2H3/t17?,19-/m1/s1. The molecule has 2 saturated carbocycles. The van der Waals surface area contributed by atoms with E-state index in [2.05, 4.69) is 11.9 Å². The van der Waals surface area contributed by atoms with E-state index in [4.69, 9.17) is 9.47 Å². The van der Waals surface area contributed by atoms with Crippen molar-refractivity contribution in [1.82, 2.24) is 9.88 Å². The number of sulfone groups is 1. The van der Waals surface area contributed by atoms with Crippen molar-refractivity contribution in [2.24, 2.45) is 23.2 Å². The first-order chi connectivity index (χ1) is 14.2. The van der Waals surface area contributed by atoms with Gasteiger partial charge in [-0.25, -0.2) is 18.2 Å². The fourth-order valence-electron chi connectivity index (χ4n) is 4.36. The predicted molar refractivity (Wildman–Crippen MR) is 112 cm³/mol. The van der Waals surface area contributed by atoms with Crippen molar-refractivity contribution in [2.45, 2.75) is 50.3 Å². The summed E-state index contributed by atoms with van der Waals surface area (Å²) in [6, 6.07) is 3.14. The number of amides is 1. The van der Waals surface area contributed by atoms with Crippen molar-refractivity contribution < 1.29 is 22.7 Å². The summed E-state index contributed by atoms with van der Waals surface area (Å²) in [5.74, 6) is 2.56. The highest BCUT2D eigenvalue weighted by atomic mass is 32.2. The molecule has 2 atom stereocenters. The number of carbonyl (C=O) groups is 1. The van der Waals surface area contributed by atoms with Crippen LogP contribution in [0.2, 0.25) is 0 Å². The zero-order chi connectivity index (χ0) is 21.4. The first-order valence-corrected chi connectivity index (χ1v) is 12.8. The van der Waals surface area contributed by atoms with E-state index in [1.807, 2.05) is 4.90 Å². The van der Waals surface area contributed by atoms with Gasteiger partial charge in [-0.05, 0) is 62.3 Å². The fourth-order valence-corrected chi connectivity index (χ4v) is 4.92. The molecule has 1 amide bonds. The van der Waals surface area contributed by atoms with Crippen molar-refractivity contribution in [3.05, 3.63) is 18.3 Å². The van der Waals surface area contributed by atoms with Gasteiger partial charge in [0.1, 0.15) is 0 Å². The molecule has 1 aliphatic heterocycles. The number of rotatable bonds is 8. The molecule has 8 heteroatoms. The number of ether oxygens (including phenoxy) is 2. The molecule has 1 aromatic rings. The van der Waals surface area contributed by atoms with Gasteiger partial charge in [0.2, 0.25) is 5.88 Å². The first kappa shape index (κ1) is 21.4. The Morgan fingerprint density at radius 1 is 1.27 bits per heavy atom. The van der Waals surface area contributed by atoms with E-state index >= 15 is 0 Å². The fraction of sp³-hybridized carbons (Fsp3) is 0.727. The van der Waals surface area contributed by atoms with Crippen molar-refractivity contribution in [1.29, 1.82) is 0 Å². The second-order valence-electron chi connectivity index (χ2n) is 9.59. The van der Waals surface area contributed by atoms with E-state index in [-0.39, 0.29) is 16.4 Å². The quantitative estimate of drug-likeness (QED) is 0.620. The van der Waals surface area contributed by atoms with Crippen LogP contribution in [-0.4, -0.2) is 57.0 Å². The van der Waals surface area contributed by atoms with Crippen LogP contribution in [0.25, 0.3) is 0 Å². The molecular weight excluding hydrogens is 404 g/mol. The van der Waals surface area contributed by atoms with Gasteiger partial charge in [0.15, 0.2) is 9.84 Å². The number of pyridine rings is 1. The Kier molecular flexibility index (Phi) is 5.97. The number of carbonyl (C=O) groups excluding carboxylic acids is 1. The molecule has 2 heterocycles. The van der Waals surface area contributed by atoms with E-state index in [0.29, 0.717) is 30.9 Å². The Balaban J connectivity index is 1.12. The summed E-state index contributed by atoms with van der Waals surface area (Å²) in [7, 11) is -3.23. The molecule has 3 fully saturated rings. The van der Waals surface area contributed by atoms with E-state index < -0.39 is 9.84 Å². The Morgan fingerprint density at radius 3 is 2.60 bits per heavy atom. The van der Waals surface area contributed by atoms with Crippen molar-refractivity contribution in [3.8, 4) is 5.88 Å². The van der Waals surface area contributed by atoms with Crippen LogP contribution < -0.4 is 4.74 Å². The SMILES string of the molecule is CC1(COC(=O)N2CCC([C@H]3CC3CCOc3ccc(S(C)(=O)=O)cn3)CC2)CC1. The molecule has 166 valence electrons. The zero-order valence-electron chi connectivity index (χ0n) is 17.9. The number of piperidine rings is 1. The number of likely N-dealkylation sites (tertiary alicyclic amines) is 1. The van der Waals surface area contributed by atoms with Crippen LogP contribution in [0, 0.1) is 23.2 Å². The highest BCUT2D eigenvalue weighted by Gasteiger charge is 2.44. The third-order valence-corrected chi connectivity index (χ3v) is 8.00. The lowest BCUT2D eigenvalue weighted by Gasteiger charge is -2.32. The Morgan fingerprint density at radius 2 is 2.00 bits per heavy atom. The molecule has 0 N–H and O–H groups in total. The van der Waals surface area contributed by atoms with Crippen LogP contribution in [0.15, 0.2) is 23.2 Å². The summed E-state index contributed by atoms with van der Waals surface area (Å²) in [5, 5.41) is 0. The molecule has 7 nitrogen and oxygen atoms in total. The summed E-state index contributed by atoms with van der Waals surface area (Å²) in [5.41, 5.74) is 0.239. The maximum Gasteiger partial charge on any atom is 0.409 e. The van der Waals surface area contributed by atoms with Crippen LogP contribution in [0.1, 0.15) is 45.4 Å². The Bertz CT molecular complexity index is 858. The molecule has 1 aromatic heterocycles. The number of nitrogens with zero attached hydrogens (tertiary/aromatic N) is 2. The molecule has 3 aliphatic rings. The van der Waals surface area contributed by atoms with Gasteiger partial charge in [0, 0.05) is 37.0 Å². The van der Waals surface area contributed by atoms with Gasteiger partial charge in [-0.15, -0.1) is 0 Å². The topological polar surface area (TPSA) is 85.8 Å². The second kappa shape index (κ2) is 8.36. The number of aromatic nitrogens is 1. The monoisotopic (exact) mass is 436 g/mol. The highest BCUT2D eigenvalue weighted by molar-refractivity contribution is 7.90. The van der Waals surface area contributed by atoms with Gasteiger partial charge in [0.25, 0.3) is 0 Å². The van der Waals surface area contributed by atoms with Crippen LogP contribution >= 0.6 is 0 Å². The summed E-state index contributed by atoms with van der Waals surface area (Å²) in [6.45, 7) is 4.93. The Hall–Kier alpha value is -1.83. The predicted octanol–water partition coefficient (Wildman–Crippen LogP) is 3.54. The highest BCUT2D eigenvalue weighted by Crippen LogP contribution is 2.50. The first-order valence-electron chi connectivity index (χ1n) is 10.9. The van der Waals surface area contributed by atoms with Gasteiger partial charge >= 0.3 is 6.09 Å². The molecular formula is C22H32N2O5S. The molecule has 2 aliphatic carbocycles. The molecule has 0 aromatic carbocycles. The van der Waals surface area contributed by atoms with E-state index in [9.17, 15) is 13.2 Å². The smallest absolute Gasteiger partial charge is 0.409 e. The third kappa shape index (κ3) is 5.45. The molecule has 0 spiro atoms. The zero-order valence-corrected chi connectivity index (χ0v) is 18.7. The lowest BCUT2D eigenvalue weighted by molar-refractivity contribution is 0.0713. The number of hydrogen-bond acceptors (Lipinski definition) is 6. The van der Waals surface area contributed by atoms with Crippen molar-refractivity contribution in [2.75, 3.05) is 32.6 Å².